The molecule has 3 nitrogen and oxygen atoms in total. The van der Waals surface area contributed by atoms with Crippen LogP contribution in [0.5, 0.6) is 0 Å². The molecule has 3 atom stereocenters. The Hall–Kier alpha value is -1.56. The van der Waals surface area contributed by atoms with Gasteiger partial charge in [0, 0.05) is 12.1 Å². The van der Waals surface area contributed by atoms with E-state index in [1.54, 1.807) is 6.07 Å². The van der Waals surface area contributed by atoms with Crippen LogP contribution >= 0.6 is 0 Å². The molecule has 1 aromatic rings. The minimum absolute atomic E-state index is 0.188. The third kappa shape index (κ3) is 3.20. The molecule has 1 saturated heterocycles. The number of carboxylic acid groups (broad SMARTS) is 1. The fourth-order valence-electron chi connectivity index (χ4n) is 3.01. The van der Waals surface area contributed by atoms with Crippen molar-refractivity contribution < 1.29 is 23.1 Å². The molecule has 1 fully saturated rings. The molecule has 0 spiro atoms. The first-order valence-electron chi connectivity index (χ1n) is 6.87. The molecular weight excluding hydrogens is 283 g/mol. The van der Waals surface area contributed by atoms with E-state index >= 15 is 0 Å². The molecule has 21 heavy (non-hydrogen) atoms. The smallest absolute Gasteiger partial charge is 0.416 e. The molecule has 116 valence electrons. The van der Waals surface area contributed by atoms with Gasteiger partial charge in [0.25, 0.3) is 0 Å². The van der Waals surface area contributed by atoms with Crippen molar-refractivity contribution in [1.82, 2.24) is 4.90 Å². The van der Waals surface area contributed by atoms with Crippen molar-refractivity contribution in [3.05, 3.63) is 35.4 Å². The maximum Gasteiger partial charge on any atom is 0.416 e. The SMILES string of the molecule is CC(c1cccc(C(F)(F)F)c1)N1CCC(C(=O)O)C1C. The van der Waals surface area contributed by atoms with Crippen molar-refractivity contribution in [3.8, 4) is 0 Å². The second kappa shape index (κ2) is 5.67. The number of carboxylic acids is 1. The molecule has 0 amide bonds. The summed E-state index contributed by atoms with van der Waals surface area (Å²) >= 11 is 0. The highest BCUT2D eigenvalue weighted by Crippen LogP contribution is 2.35. The molecule has 3 unspecified atom stereocenters. The third-order valence-corrected chi connectivity index (χ3v) is 4.31. The van der Waals surface area contributed by atoms with Crippen LogP contribution in [0.3, 0.4) is 0 Å². The van der Waals surface area contributed by atoms with E-state index in [2.05, 4.69) is 0 Å². The first-order chi connectivity index (χ1) is 9.71. The summed E-state index contributed by atoms with van der Waals surface area (Å²) in [4.78, 5) is 13.1. The molecule has 2 rings (SSSR count). The number of benzene rings is 1. The van der Waals surface area contributed by atoms with Gasteiger partial charge in [-0.25, -0.2) is 0 Å². The molecule has 1 aliphatic heterocycles. The lowest BCUT2D eigenvalue weighted by Gasteiger charge is -2.30. The summed E-state index contributed by atoms with van der Waals surface area (Å²) in [5, 5.41) is 9.13. The standard InChI is InChI=1S/C15H18F3NO2/c1-9(19-7-6-13(10(19)2)14(20)21)11-4-3-5-12(8-11)15(16,17)18/h3-5,8-10,13H,6-7H2,1-2H3,(H,20,21). The molecule has 1 aromatic carbocycles. The minimum Gasteiger partial charge on any atom is -0.481 e. The Kier molecular flexibility index (Phi) is 4.27. The second-order valence-corrected chi connectivity index (χ2v) is 5.51. The lowest BCUT2D eigenvalue weighted by molar-refractivity contribution is -0.142. The molecule has 0 aromatic heterocycles. The Balaban J connectivity index is 2.21. The number of halogens is 3. The van der Waals surface area contributed by atoms with Gasteiger partial charge in [-0.3, -0.25) is 9.69 Å². The van der Waals surface area contributed by atoms with E-state index in [0.29, 0.717) is 18.5 Å². The van der Waals surface area contributed by atoms with Crippen LogP contribution in [0, 0.1) is 5.92 Å². The summed E-state index contributed by atoms with van der Waals surface area (Å²) in [5.41, 5.74) is -0.115. The molecule has 0 radical (unpaired) electrons. The summed E-state index contributed by atoms with van der Waals surface area (Å²) < 4.78 is 38.3. The van der Waals surface area contributed by atoms with Crippen molar-refractivity contribution in [2.45, 2.75) is 38.5 Å². The topological polar surface area (TPSA) is 40.5 Å². The number of aliphatic carboxylic acids is 1. The number of carbonyl (C=O) groups is 1. The van der Waals surface area contributed by atoms with Gasteiger partial charge in [0.1, 0.15) is 0 Å². The lowest BCUT2D eigenvalue weighted by Crippen LogP contribution is -2.35. The van der Waals surface area contributed by atoms with Crippen LogP contribution in [0.2, 0.25) is 0 Å². The van der Waals surface area contributed by atoms with Crippen LogP contribution in [-0.4, -0.2) is 28.6 Å². The number of nitrogens with zero attached hydrogens (tertiary/aromatic N) is 1. The molecule has 1 heterocycles. The van der Waals surface area contributed by atoms with Crippen LogP contribution in [0.25, 0.3) is 0 Å². The molecule has 6 heteroatoms. The maximum absolute atomic E-state index is 12.8. The third-order valence-electron chi connectivity index (χ3n) is 4.31. The zero-order valence-corrected chi connectivity index (χ0v) is 11.9. The number of rotatable bonds is 3. The van der Waals surface area contributed by atoms with Crippen LogP contribution in [0.4, 0.5) is 13.2 Å². The van der Waals surface area contributed by atoms with E-state index < -0.39 is 23.6 Å². The minimum atomic E-state index is -4.37. The zero-order chi connectivity index (χ0) is 15.8. The van der Waals surface area contributed by atoms with Gasteiger partial charge in [-0.2, -0.15) is 13.2 Å². The molecule has 0 bridgehead atoms. The van der Waals surface area contributed by atoms with Gasteiger partial charge in [-0.15, -0.1) is 0 Å². The average Bonchev–Trinajstić information content (AvgIpc) is 2.79. The molecular formula is C15H18F3NO2. The van der Waals surface area contributed by atoms with Gasteiger partial charge < -0.3 is 5.11 Å². The predicted molar refractivity (Wildman–Crippen MR) is 71.8 cm³/mol. The quantitative estimate of drug-likeness (QED) is 0.928. The highest BCUT2D eigenvalue weighted by Gasteiger charge is 2.38. The molecule has 0 saturated carbocycles. The van der Waals surface area contributed by atoms with Gasteiger partial charge in [-0.05, 0) is 44.5 Å². The Morgan fingerprint density at radius 1 is 1.43 bits per heavy atom. The predicted octanol–water partition coefficient (Wildman–Crippen LogP) is 3.56. The first-order valence-corrected chi connectivity index (χ1v) is 6.87. The van der Waals surface area contributed by atoms with Crippen molar-refractivity contribution in [2.75, 3.05) is 6.54 Å². The number of hydrogen-bond donors (Lipinski definition) is 1. The maximum atomic E-state index is 12.8. The van der Waals surface area contributed by atoms with E-state index in [-0.39, 0.29) is 12.1 Å². The summed E-state index contributed by atoms with van der Waals surface area (Å²) in [7, 11) is 0. The van der Waals surface area contributed by atoms with Crippen molar-refractivity contribution >= 4 is 5.97 Å². The van der Waals surface area contributed by atoms with Gasteiger partial charge in [0.2, 0.25) is 0 Å². The Labute approximate surface area is 121 Å². The van der Waals surface area contributed by atoms with Crippen LogP contribution in [0.1, 0.15) is 37.4 Å². The zero-order valence-electron chi connectivity index (χ0n) is 11.9. The van der Waals surface area contributed by atoms with Crippen LogP contribution in [0.15, 0.2) is 24.3 Å². The van der Waals surface area contributed by atoms with Gasteiger partial charge in [0.15, 0.2) is 0 Å². The highest BCUT2D eigenvalue weighted by molar-refractivity contribution is 5.71. The molecule has 1 N–H and O–H groups in total. The van der Waals surface area contributed by atoms with Crippen molar-refractivity contribution in [3.63, 3.8) is 0 Å². The Morgan fingerprint density at radius 3 is 2.62 bits per heavy atom. The summed E-state index contributed by atoms with van der Waals surface area (Å²) in [6.07, 6.45) is -3.84. The number of alkyl halides is 3. The normalized spacial score (nSPS) is 25.0. The Bertz CT molecular complexity index is 530. The van der Waals surface area contributed by atoms with Gasteiger partial charge >= 0.3 is 12.1 Å². The second-order valence-electron chi connectivity index (χ2n) is 5.51. The average molecular weight is 301 g/mol. The van der Waals surface area contributed by atoms with E-state index in [1.165, 1.54) is 6.07 Å². The fraction of sp³-hybridized carbons (Fsp3) is 0.533. The van der Waals surface area contributed by atoms with Gasteiger partial charge in [-0.1, -0.05) is 12.1 Å². The van der Waals surface area contributed by atoms with Crippen molar-refractivity contribution in [1.29, 1.82) is 0 Å². The summed E-state index contributed by atoms with van der Waals surface area (Å²) in [6, 6.07) is 4.80. The summed E-state index contributed by atoms with van der Waals surface area (Å²) in [5.74, 6) is -1.31. The fourth-order valence-corrected chi connectivity index (χ4v) is 3.01. The Morgan fingerprint density at radius 2 is 2.10 bits per heavy atom. The van der Waals surface area contributed by atoms with Gasteiger partial charge in [0.05, 0.1) is 11.5 Å². The van der Waals surface area contributed by atoms with Crippen molar-refractivity contribution in [2.24, 2.45) is 5.92 Å². The highest BCUT2D eigenvalue weighted by atomic mass is 19.4. The largest absolute Gasteiger partial charge is 0.481 e. The van der Waals surface area contributed by atoms with E-state index in [0.717, 1.165) is 12.1 Å². The van der Waals surface area contributed by atoms with E-state index in [1.807, 2.05) is 18.7 Å². The van der Waals surface area contributed by atoms with E-state index in [4.69, 9.17) is 5.11 Å². The summed E-state index contributed by atoms with van der Waals surface area (Å²) in [6.45, 7) is 4.21. The van der Waals surface area contributed by atoms with E-state index in [9.17, 15) is 18.0 Å². The first kappa shape index (κ1) is 15.8. The lowest BCUT2D eigenvalue weighted by atomic mass is 10.00. The molecule has 1 aliphatic rings. The number of likely N-dealkylation sites (tertiary alicyclic amines) is 1. The molecule has 0 aliphatic carbocycles. The van der Waals surface area contributed by atoms with Crippen LogP contribution < -0.4 is 0 Å². The number of hydrogen-bond acceptors (Lipinski definition) is 2. The monoisotopic (exact) mass is 301 g/mol. The van der Waals surface area contributed by atoms with Crippen LogP contribution in [-0.2, 0) is 11.0 Å².